The van der Waals surface area contributed by atoms with Gasteiger partial charge in [0.15, 0.2) is 0 Å². The number of amides is 1. The summed E-state index contributed by atoms with van der Waals surface area (Å²) in [6.45, 7) is 4.79. The van der Waals surface area contributed by atoms with Crippen LogP contribution in [0, 0.1) is 5.82 Å². The molecule has 1 aliphatic heterocycles. The molecule has 0 aliphatic carbocycles. The van der Waals surface area contributed by atoms with Crippen LogP contribution in [-0.4, -0.2) is 53.0 Å². The average Bonchev–Trinajstić information content (AvgIpc) is 2.64. The lowest BCUT2D eigenvalue weighted by molar-refractivity contribution is -0.120. The van der Waals surface area contributed by atoms with Crippen LogP contribution in [0.2, 0.25) is 0 Å². The highest BCUT2D eigenvalue weighted by Crippen LogP contribution is 2.15. The van der Waals surface area contributed by atoms with Crippen LogP contribution >= 0.6 is 0 Å². The van der Waals surface area contributed by atoms with Crippen LogP contribution in [0.5, 0.6) is 0 Å². The van der Waals surface area contributed by atoms with Crippen molar-refractivity contribution in [3.8, 4) is 0 Å². The molecule has 7 heteroatoms. The van der Waals surface area contributed by atoms with Gasteiger partial charge in [0.05, 0.1) is 11.7 Å². The zero-order valence-corrected chi connectivity index (χ0v) is 13.5. The molecule has 1 atom stereocenters. The normalized spacial score (nSPS) is 16.7. The molecule has 0 saturated carbocycles. The van der Waals surface area contributed by atoms with E-state index in [2.05, 4.69) is 25.1 Å². The standard InChI is InChI=1S/C17H20FN5O/c1-13(16(24)21-15-6-3-2-5-14(15)18)22-9-11-23(12-10-22)17-19-7-4-8-20-17/h2-8,13H,9-12H2,1H3,(H,21,24)/t13-/m0/s1. The highest BCUT2D eigenvalue weighted by molar-refractivity contribution is 5.94. The zero-order chi connectivity index (χ0) is 16.9. The number of carbonyl (C=O) groups is 1. The molecule has 1 amide bonds. The van der Waals surface area contributed by atoms with E-state index in [0.717, 1.165) is 26.2 Å². The molecule has 24 heavy (non-hydrogen) atoms. The third-order valence-corrected chi connectivity index (χ3v) is 4.21. The van der Waals surface area contributed by atoms with Gasteiger partial charge in [-0.25, -0.2) is 14.4 Å². The van der Waals surface area contributed by atoms with E-state index in [0.29, 0.717) is 5.95 Å². The molecule has 6 nitrogen and oxygen atoms in total. The SMILES string of the molecule is C[C@@H](C(=O)Nc1ccccc1F)N1CCN(c2ncccn2)CC1. The van der Waals surface area contributed by atoms with E-state index in [1.807, 2.05) is 6.92 Å². The first kappa shape index (κ1) is 16.3. The number of nitrogens with one attached hydrogen (secondary N) is 1. The Morgan fingerprint density at radius 3 is 2.46 bits per heavy atom. The Morgan fingerprint density at radius 1 is 1.12 bits per heavy atom. The predicted molar refractivity (Wildman–Crippen MR) is 90.3 cm³/mol. The topological polar surface area (TPSA) is 61.4 Å². The fourth-order valence-corrected chi connectivity index (χ4v) is 2.73. The fraction of sp³-hybridized carbons (Fsp3) is 0.353. The predicted octanol–water partition coefficient (Wildman–Crippen LogP) is 1.76. The minimum absolute atomic E-state index is 0.204. The van der Waals surface area contributed by atoms with Crippen LogP contribution < -0.4 is 10.2 Å². The third kappa shape index (κ3) is 3.68. The molecule has 126 valence electrons. The number of rotatable bonds is 4. The maximum absolute atomic E-state index is 13.6. The monoisotopic (exact) mass is 329 g/mol. The third-order valence-electron chi connectivity index (χ3n) is 4.21. The van der Waals surface area contributed by atoms with Crippen molar-refractivity contribution in [3.05, 3.63) is 48.5 Å². The highest BCUT2D eigenvalue weighted by atomic mass is 19.1. The van der Waals surface area contributed by atoms with Crippen LogP contribution in [-0.2, 0) is 4.79 Å². The molecule has 1 saturated heterocycles. The second-order valence-electron chi connectivity index (χ2n) is 5.72. The molecule has 1 aliphatic rings. The largest absolute Gasteiger partial charge is 0.338 e. The Balaban J connectivity index is 1.56. The Bertz CT molecular complexity index is 688. The Kier molecular flexibility index (Phi) is 5.00. The molecule has 0 spiro atoms. The number of nitrogens with zero attached hydrogens (tertiary/aromatic N) is 4. The van der Waals surface area contributed by atoms with Gasteiger partial charge in [-0.1, -0.05) is 12.1 Å². The fourth-order valence-electron chi connectivity index (χ4n) is 2.73. The van der Waals surface area contributed by atoms with Crippen LogP contribution in [0.15, 0.2) is 42.7 Å². The van der Waals surface area contributed by atoms with Gasteiger partial charge >= 0.3 is 0 Å². The Morgan fingerprint density at radius 2 is 1.79 bits per heavy atom. The Labute approximate surface area is 140 Å². The van der Waals surface area contributed by atoms with Gasteiger partial charge in [0.1, 0.15) is 5.82 Å². The maximum Gasteiger partial charge on any atom is 0.241 e. The molecule has 0 unspecified atom stereocenters. The average molecular weight is 329 g/mol. The van der Waals surface area contributed by atoms with Crippen molar-refractivity contribution < 1.29 is 9.18 Å². The van der Waals surface area contributed by atoms with E-state index in [4.69, 9.17) is 0 Å². The number of benzene rings is 1. The number of anilines is 2. The molecule has 1 aromatic carbocycles. The molecule has 2 heterocycles. The van der Waals surface area contributed by atoms with Crippen molar-refractivity contribution in [2.75, 3.05) is 36.4 Å². The van der Waals surface area contributed by atoms with E-state index in [1.54, 1.807) is 36.7 Å². The van der Waals surface area contributed by atoms with Crippen molar-refractivity contribution in [1.29, 1.82) is 0 Å². The second-order valence-corrected chi connectivity index (χ2v) is 5.72. The summed E-state index contributed by atoms with van der Waals surface area (Å²) in [5.41, 5.74) is 0.214. The van der Waals surface area contributed by atoms with Gasteiger partial charge < -0.3 is 10.2 Å². The van der Waals surface area contributed by atoms with E-state index in [9.17, 15) is 9.18 Å². The summed E-state index contributed by atoms with van der Waals surface area (Å²) in [7, 11) is 0. The second kappa shape index (κ2) is 7.35. The molecule has 3 rings (SSSR count). The lowest BCUT2D eigenvalue weighted by Crippen LogP contribution is -2.53. The summed E-state index contributed by atoms with van der Waals surface area (Å²) in [6.07, 6.45) is 3.44. The highest BCUT2D eigenvalue weighted by Gasteiger charge is 2.26. The summed E-state index contributed by atoms with van der Waals surface area (Å²) in [5.74, 6) is 0.0780. The van der Waals surface area contributed by atoms with Crippen LogP contribution in [0.3, 0.4) is 0 Å². The Hall–Kier alpha value is -2.54. The van der Waals surface area contributed by atoms with Crippen molar-refractivity contribution in [2.24, 2.45) is 0 Å². The van der Waals surface area contributed by atoms with Gasteiger partial charge in [0.2, 0.25) is 11.9 Å². The van der Waals surface area contributed by atoms with Gasteiger partial charge in [-0.2, -0.15) is 0 Å². The van der Waals surface area contributed by atoms with Crippen LogP contribution in [0.1, 0.15) is 6.92 Å². The summed E-state index contributed by atoms with van der Waals surface area (Å²) in [5, 5.41) is 2.66. The van der Waals surface area contributed by atoms with E-state index in [-0.39, 0.29) is 17.6 Å². The molecule has 1 fully saturated rings. The molecule has 1 N–H and O–H groups in total. The zero-order valence-electron chi connectivity index (χ0n) is 13.5. The van der Waals surface area contributed by atoms with Crippen molar-refractivity contribution in [3.63, 3.8) is 0 Å². The van der Waals surface area contributed by atoms with Crippen LogP contribution in [0.4, 0.5) is 16.0 Å². The van der Waals surface area contributed by atoms with E-state index >= 15 is 0 Å². The lowest BCUT2D eigenvalue weighted by Gasteiger charge is -2.37. The molecule has 0 bridgehead atoms. The maximum atomic E-state index is 13.6. The first-order valence-corrected chi connectivity index (χ1v) is 7.96. The number of hydrogen-bond acceptors (Lipinski definition) is 5. The van der Waals surface area contributed by atoms with Crippen molar-refractivity contribution in [1.82, 2.24) is 14.9 Å². The molecule has 1 aromatic heterocycles. The number of para-hydroxylation sites is 1. The van der Waals surface area contributed by atoms with Gasteiger partial charge in [0.25, 0.3) is 0 Å². The molecular weight excluding hydrogens is 309 g/mol. The quantitative estimate of drug-likeness (QED) is 0.926. The molecule has 0 radical (unpaired) electrons. The van der Waals surface area contributed by atoms with Gasteiger partial charge in [-0.3, -0.25) is 9.69 Å². The number of hydrogen-bond donors (Lipinski definition) is 1. The first-order chi connectivity index (χ1) is 11.6. The van der Waals surface area contributed by atoms with E-state index < -0.39 is 5.82 Å². The summed E-state index contributed by atoms with van der Waals surface area (Å²) in [4.78, 5) is 25.0. The van der Waals surface area contributed by atoms with Crippen molar-refractivity contribution >= 4 is 17.5 Å². The number of carbonyl (C=O) groups excluding carboxylic acids is 1. The smallest absolute Gasteiger partial charge is 0.241 e. The van der Waals surface area contributed by atoms with Gasteiger partial charge in [0, 0.05) is 38.6 Å². The number of piperazine rings is 1. The summed E-state index contributed by atoms with van der Waals surface area (Å²) < 4.78 is 13.6. The number of aromatic nitrogens is 2. The number of halogens is 1. The minimum Gasteiger partial charge on any atom is -0.338 e. The first-order valence-electron chi connectivity index (χ1n) is 7.96. The molecular formula is C17H20FN5O. The van der Waals surface area contributed by atoms with E-state index in [1.165, 1.54) is 6.07 Å². The molecule has 2 aromatic rings. The summed E-state index contributed by atoms with van der Waals surface area (Å²) in [6, 6.07) is 7.64. The van der Waals surface area contributed by atoms with Crippen LogP contribution in [0.25, 0.3) is 0 Å². The van der Waals surface area contributed by atoms with Gasteiger partial charge in [-0.05, 0) is 25.1 Å². The minimum atomic E-state index is -0.427. The van der Waals surface area contributed by atoms with Gasteiger partial charge in [-0.15, -0.1) is 0 Å². The lowest BCUT2D eigenvalue weighted by atomic mass is 10.2. The summed E-state index contributed by atoms with van der Waals surface area (Å²) >= 11 is 0. The van der Waals surface area contributed by atoms with Crippen molar-refractivity contribution in [2.45, 2.75) is 13.0 Å².